The van der Waals surface area contributed by atoms with Gasteiger partial charge in [-0.2, -0.15) is 0 Å². The largest absolute Gasteiger partial charge is 0.332 e. The number of rotatable bonds is 6. The van der Waals surface area contributed by atoms with Crippen LogP contribution >= 0.6 is 0 Å². The molecule has 1 heterocycles. The number of carbonyl (C=O) groups excluding carboxylic acids is 2. The molecule has 1 fully saturated rings. The molecule has 1 aliphatic rings. The first-order valence-electron chi connectivity index (χ1n) is 9.12. The maximum atomic E-state index is 13.7. The van der Waals surface area contributed by atoms with Crippen LogP contribution in [0.3, 0.4) is 0 Å². The van der Waals surface area contributed by atoms with Gasteiger partial charge in [0.15, 0.2) is 30.0 Å². The number of piperazine rings is 1. The van der Waals surface area contributed by atoms with Crippen molar-refractivity contribution in [3.63, 3.8) is 0 Å². The SMILES string of the molecule is CC[NH+]1CCN(C(=O)[C@@H](C)[NH+](C)CC(=O)Nc2ccc(F)c(F)c2F)CC1. The molecule has 2 rings (SSSR count). The van der Waals surface area contributed by atoms with E-state index in [-0.39, 0.29) is 12.5 Å². The summed E-state index contributed by atoms with van der Waals surface area (Å²) in [6.45, 7) is 7.96. The molecule has 0 bridgehead atoms. The number of carbonyl (C=O) groups is 2. The van der Waals surface area contributed by atoms with Crippen molar-refractivity contribution in [1.82, 2.24) is 4.90 Å². The summed E-state index contributed by atoms with van der Waals surface area (Å²) in [5.74, 6) is -5.02. The molecule has 1 saturated heterocycles. The number of benzene rings is 1. The lowest BCUT2D eigenvalue weighted by Gasteiger charge is -2.33. The number of halogens is 3. The van der Waals surface area contributed by atoms with Crippen LogP contribution in [0.5, 0.6) is 0 Å². The van der Waals surface area contributed by atoms with Crippen LogP contribution in [0.2, 0.25) is 0 Å². The van der Waals surface area contributed by atoms with Gasteiger partial charge in [0, 0.05) is 0 Å². The highest BCUT2D eigenvalue weighted by atomic mass is 19.2. The molecule has 9 heteroatoms. The standard InChI is InChI=1S/C18H25F3N4O2/c1-4-24-7-9-25(10-8-24)18(27)12(2)23(3)11-15(26)22-14-6-5-13(19)16(20)17(14)21/h5-6,12H,4,7-11H2,1-3H3,(H,22,26)/p+2/t12-/m1/s1. The van der Waals surface area contributed by atoms with Crippen molar-refractivity contribution >= 4 is 17.5 Å². The predicted molar refractivity (Wildman–Crippen MR) is 94.0 cm³/mol. The summed E-state index contributed by atoms with van der Waals surface area (Å²) < 4.78 is 39.8. The van der Waals surface area contributed by atoms with Crippen LogP contribution < -0.4 is 15.1 Å². The van der Waals surface area contributed by atoms with Crippen LogP contribution in [0.25, 0.3) is 0 Å². The number of quaternary nitrogens is 2. The fraction of sp³-hybridized carbons (Fsp3) is 0.556. The lowest BCUT2D eigenvalue weighted by Crippen LogP contribution is -3.16. The molecule has 0 spiro atoms. The highest BCUT2D eigenvalue weighted by Crippen LogP contribution is 2.19. The molecular formula is C18H27F3N4O2+2. The van der Waals surface area contributed by atoms with E-state index in [1.54, 1.807) is 18.9 Å². The van der Waals surface area contributed by atoms with Crippen LogP contribution in [-0.4, -0.2) is 69.1 Å². The number of hydrogen-bond donors (Lipinski definition) is 3. The Balaban J connectivity index is 1.90. The molecule has 2 atom stereocenters. The zero-order valence-corrected chi connectivity index (χ0v) is 15.9. The fourth-order valence-electron chi connectivity index (χ4n) is 3.10. The minimum Gasteiger partial charge on any atom is -0.332 e. The van der Waals surface area contributed by atoms with E-state index in [1.165, 1.54) is 4.90 Å². The van der Waals surface area contributed by atoms with Gasteiger partial charge in [0.1, 0.15) is 0 Å². The summed E-state index contributed by atoms with van der Waals surface area (Å²) in [5.41, 5.74) is -0.427. The van der Waals surface area contributed by atoms with Gasteiger partial charge in [-0.25, -0.2) is 13.2 Å². The second-order valence-electron chi connectivity index (χ2n) is 6.94. The maximum absolute atomic E-state index is 13.7. The molecule has 1 aliphatic heterocycles. The van der Waals surface area contributed by atoms with E-state index in [0.29, 0.717) is 18.0 Å². The van der Waals surface area contributed by atoms with E-state index in [4.69, 9.17) is 0 Å². The molecular weight excluding hydrogens is 361 g/mol. The summed E-state index contributed by atoms with van der Waals surface area (Å²) in [5, 5.41) is 2.23. The summed E-state index contributed by atoms with van der Waals surface area (Å²) >= 11 is 0. The van der Waals surface area contributed by atoms with Crippen LogP contribution in [-0.2, 0) is 9.59 Å². The Kier molecular flexibility index (Phi) is 7.20. The van der Waals surface area contributed by atoms with Gasteiger partial charge in [-0.15, -0.1) is 0 Å². The van der Waals surface area contributed by atoms with Crippen LogP contribution in [0, 0.1) is 17.5 Å². The molecule has 1 unspecified atom stereocenters. The highest BCUT2D eigenvalue weighted by molar-refractivity contribution is 5.91. The van der Waals surface area contributed by atoms with Crippen molar-refractivity contribution in [2.75, 3.05) is 51.6 Å². The Labute approximate surface area is 156 Å². The van der Waals surface area contributed by atoms with E-state index in [2.05, 4.69) is 12.2 Å². The van der Waals surface area contributed by atoms with Crippen molar-refractivity contribution < 1.29 is 32.6 Å². The lowest BCUT2D eigenvalue weighted by molar-refractivity contribution is -0.903. The second kappa shape index (κ2) is 9.18. The molecule has 0 aliphatic carbocycles. The molecule has 0 aromatic heterocycles. The van der Waals surface area contributed by atoms with Crippen LogP contribution in [0.15, 0.2) is 12.1 Å². The number of likely N-dealkylation sites (N-methyl/N-ethyl adjacent to an activating group) is 2. The average molecular weight is 388 g/mol. The first-order valence-corrected chi connectivity index (χ1v) is 9.12. The quantitative estimate of drug-likeness (QED) is 0.531. The van der Waals surface area contributed by atoms with Gasteiger partial charge in [-0.3, -0.25) is 9.59 Å². The zero-order chi connectivity index (χ0) is 20.1. The van der Waals surface area contributed by atoms with Crippen molar-refractivity contribution in [3.8, 4) is 0 Å². The Morgan fingerprint density at radius 2 is 1.85 bits per heavy atom. The van der Waals surface area contributed by atoms with Gasteiger partial charge < -0.3 is 20.0 Å². The Morgan fingerprint density at radius 3 is 2.44 bits per heavy atom. The average Bonchev–Trinajstić information content (AvgIpc) is 2.67. The summed E-state index contributed by atoms with van der Waals surface area (Å²) in [4.78, 5) is 28.6. The van der Waals surface area contributed by atoms with Gasteiger partial charge in [0.05, 0.1) is 45.5 Å². The monoisotopic (exact) mass is 388 g/mol. The molecule has 2 amide bonds. The van der Waals surface area contributed by atoms with Crippen LogP contribution in [0.1, 0.15) is 13.8 Å². The van der Waals surface area contributed by atoms with E-state index >= 15 is 0 Å². The Morgan fingerprint density at radius 1 is 1.22 bits per heavy atom. The van der Waals surface area contributed by atoms with Gasteiger partial charge in [0.25, 0.3) is 11.8 Å². The first-order chi connectivity index (χ1) is 12.7. The number of hydrogen-bond acceptors (Lipinski definition) is 2. The van der Waals surface area contributed by atoms with Crippen molar-refractivity contribution in [3.05, 3.63) is 29.6 Å². The smallest absolute Gasteiger partial charge is 0.280 e. The Hall–Kier alpha value is -2.13. The topological polar surface area (TPSA) is 58.3 Å². The number of amides is 2. The fourth-order valence-corrected chi connectivity index (χ4v) is 3.10. The molecule has 27 heavy (non-hydrogen) atoms. The minimum absolute atomic E-state index is 0.0329. The molecule has 1 aromatic carbocycles. The third-order valence-corrected chi connectivity index (χ3v) is 5.14. The van der Waals surface area contributed by atoms with Gasteiger partial charge in [-0.05, 0) is 26.0 Å². The zero-order valence-electron chi connectivity index (χ0n) is 15.9. The molecule has 0 radical (unpaired) electrons. The van der Waals surface area contributed by atoms with E-state index in [0.717, 1.165) is 31.8 Å². The second-order valence-corrected chi connectivity index (χ2v) is 6.94. The first kappa shape index (κ1) is 21.2. The normalized spacial score (nSPS) is 17.5. The highest BCUT2D eigenvalue weighted by Gasteiger charge is 2.31. The minimum atomic E-state index is -1.63. The Bertz CT molecular complexity index is 693. The predicted octanol–water partition coefficient (Wildman–Crippen LogP) is -1.31. The summed E-state index contributed by atoms with van der Waals surface area (Å²) in [6.07, 6.45) is 0. The number of nitrogens with one attached hydrogen (secondary N) is 3. The molecule has 0 saturated carbocycles. The molecule has 6 nitrogen and oxygen atoms in total. The van der Waals surface area contributed by atoms with Crippen molar-refractivity contribution in [2.45, 2.75) is 19.9 Å². The molecule has 150 valence electrons. The van der Waals surface area contributed by atoms with Crippen molar-refractivity contribution in [2.24, 2.45) is 0 Å². The van der Waals surface area contributed by atoms with Gasteiger partial charge in [0.2, 0.25) is 0 Å². The third kappa shape index (κ3) is 5.20. The summed E-state index contributed by atoms with van der Waals surface area (Å²) in [7, 11) is 1.69. The maximum Gasteiger partial charge on any atom is 0.280 e. The summed E-state index contributed by atoms with van der Waals surface area (Å²) in [6, 6.07) is 1.26. The van der Waals surface area contributed by atoms with Crippen molar-refractivity contribution in [1.29, 1.82) is 0 Å². The van der Waals surface area contributed by atoms with Gasteiger partial charge >= 0.3 is 0 Å². The molecule has 1 aromatic rings. The van der Waals surface area contributed by atoms with Gasteiger partial charge in [-0.1, -0.05) is 0 Å². The molecule has 3 N–H and O–H groups in total. The van der Waals surface area contributed by atoms with E-state index < -0.39 is 35.1 Å². The van der Waals surface area contributed by atoms with E-state index in [9.17, 15) is 22.8 Å². The van der Waals surface area contributed by atoms with E-state index in [1.807, 2.05) is 0 Å². The number of nitrogens with zero attached hydrogens (tertiary/aromatic N) is 1. The third-order valence-electron chi connectivity index (χ3n) is 5.14. The number of anilines is 1. The van der Waals surface area contributed by atoms with Crippen LogP contribution in [0.4, 0.5) is 18.9 Å². The lowest BCUT2D eigenvalue weighted by atomic mass is 10.2.